The van der Waals surface area contributed by atoms with Gasteiger partial charge in [0, 0.05) is 0 Å². The molecule has 0 aliphatic heterocycles. The number of ether oxygens (including phenoxy) is 2. The third-order valence-corrected chi connectivity index (χ3v) is 3.18. The monoisotopic (exact) mass is 258 g/mol. The van der Waals surface area contributed by atoms with Gasteiger partial charge in [-0.2, -0.15) is 0 Å². The van der Waals surface area contributed by atoms with E-state index in [1.54, 1.807) is 0 Å². The molecule has 0 saturated heterocycles. The van der Waals surface area contributed by atoms with Crippen molar-refractivity contribution in [2.45, 2.75) is 39.0 Å². The maximum atomic E-state index is 11.6. The van der Waals surface area contributed by atoms with Crippen LogP contribution in [0.5, 0.6) is 0 Å². The topological polar surface area (TPSA) is 72.8 Å². The van der Waals surface area contributed by atoms with Gasteiger partial charge in [-0.15, -0.1) is 0 Å². The highest BCUT2D eigenvalue weighted by atomic mass is 16.5. The van der Waals surface area contributed by atoms with E-state index in [1.807, 2.05) is 6.92 Å². The van der Waals surface area contributed by atoms with Crippen molar-refractivity contribution in [1.82, 2.24) is 0 Å². The summed E-state index contributed by atoms with van der Waals surface area (Å²) >= 11 is 0. The van der Waals surface area contributed by atoms with Crippen molar-refractivity contribution < 1.29 is 24.2 Å². The van der Waals surface area contributed by atoms with Gasteiger partial charge >= 0.3 is 11.9 Å². The Balaban J connectivity index is 2.27. The van der Waals surface area contributed by atoms with Gasteiger partial charge in [0.25, 0.3) is 0 Å². The molecule has 0 aromatic heterocycles. The zero-order chi connectivity index (χ0) is 13.4. The summed E-state index contributed by atoms with van der Waals surface area (Å²) in [4.78, 5) is 23.2. The molecular weight excluding hydrogens is 236 g/mol. The molecule has 1 aliphatic carbocycles. The molecule has 1 saturated carbocycles. The van der Waals surface area contributed by atoms with Gasteiger partial charge in [0.05, 0.1) is 25.0 Å². The third kappa shape index (κ3) is 4.64. The summed E-state index contributed by atoms with van der Waals surface area (Å²) in [6, 6.07) is 0. The number of hydrogen-bond donors (Lipinski definition) is 1. The van der Waals surface area contributed by atoms with Crippen LogP contribution in [0.3, 0.4) is 0 Å². The number of hydrogen-bond acceptors (Lipinski definition) is 5. The van der Waals surface area contributed by atoms with Crippen LogP contribution in [0.4, 0.5) is 0 Å². The van der Waals surface area contributed by atoms with E-state index in [2.05, 4.69) is 0 Å². The van der Waals surface area contributed by atoms with Crippen molar-refractivity contribution in [3.8, 4) is 0 Å². The number of carbonyl (C=O) groups is 2. The summed E-state index contributed by atoms with van der Waals surface area (Å²) in [5, 5.41) is 8.57. The zero-order valence-corrected chi connectivity index (χ0v) is 10.9. The first kappa shape index (κ1) is 15.0. The molecule has 0 unspecified atom stereocenters. The molecule has 18 heavy (non-hydrogen) atoms. The van der Waals surface area contributed by atoms with E-state index in [0.717, 1.165) is 6.42 Å². The summed E-state index contributed by atoms with van der Waals surface area (Å²) in [6.45, 7) is 2.33. The van der Waals surface area contributed by atoms with Crippen molar-refractivity contribution in [2.24, 2.45) is 11.8 Å². The van der Waals surface area contributed by atoms with Crippen LogP contribution in [0.2, 0.25) is 0 Å². The van der Waals surface area contributed by atoms with Gasteiger partial charge in [-0.05, 0) is 32.1 Å². The molecule has 1 aliphatic rings. The summed E-state index contributed by atoms with van der Waals surface area (Å²) in [7, 11) is 0. The molecule has 0 atom stereocenters. The fourth-order valence-corrected chi connectivity index (χ4v) is 2.15. The quantitative estimate of drug-likeness (QED) is 0.727. The third-order valence-electron chi connectivity index (χ3n) is 3.18. The van der Waals surface area contributed by atoms with E-state index < -0.39 is 0 Å². The second kappa shape index (κ2) is 8.08. The molecule has 0 radical (unpaired) electrons. The lowest BCUT2D eigenvalue weighted by Gasteiger charge is -2.25. The van der Waals surface area contributed by atoms with E-state index >= 15 is 0 Å². The van der Waals surface area contributed by atoms with Crippen LogP contribution >= 0.6 is 0 Å². The highest BCUT2D eigenvalue weighted by Gasteiger charge is 2.31. The van der Waals surface area contributed by atoms with Crippen molar-refractivity contribution in [3.05, 3.63) is 0 Å². The normalized spacial score (nSPS) is 23.4. The Kier molecular flexibility index (Phi) is 6.72. The average Bonchev–Trinajstić information content (AvgIpc) is 2.42. The smallest absolute Gasteiger partial charge is 0.309 e. The van der Waals surface area contributed by atoms with Crippen molar-refractivity contribution in [1.29, 1.82) is 0 Å². The van der Waals surface area contributed by atoms with Gasteiger partial charge in [-0.3, -0.25) is 9.59 Å². The minimum Gasteiger partial charge on any atom is -0.465 e. The predicted octanol–water partition coefficient (Wildman–Crippen LogP) is 1.28. The molecule has 0 aromatic carbocycles. The van der Waals surface area contributed by atoms with E-state index in [4.69, 9.17) is 14.6 Å². The standard InChI is InChI=1S/C13H22O5/c1-2-8-17-12(15)10-3-5-11(6-4-10)13(16)18-9-7-14/h10-11,14H,2-9H2,1H3. The fourth-order valence-electron chi connectivity index (χ4n) is 2.15. The van der Waals surface area contributed by atoms with Crippen LogP contribution in [0, 0.1) is 11.8 Å². The van der Waals surface area contributed by atoms with Crippen molar-refractivity contribution in [3.63, 3.8) is 0 Å². The van der Waals surface area contributed by atoms with E-state index in [-0.39, 0.29) is 37.0 Å². The Bertz CT molecular complexity index is 241. The van der Waals surface area contributed by atoms with Crippen molar-refractivity contribution in [2.75, 3.05) is 19.8 Å². The van der Waals surface area contributed by atoms with Gasteiger partial charge in [0.15, 0.2) is 0 Å². The predicted molar refractivity (Wildman–Crippen MR) is 64.7 cm³/mol. The van der Waals surface area contributed by atoms with Crippen LogP contribution in [0.25, 0.3) is 0 Å². The van der Waals surface area contributed by atoms with Crippen LogP contribution < -0.4 is 0 Å². The Morgan fingerprint density at radius 3 is 1.83 bits per heavy atom. The molecule has 1 N–H and O–H groups in total. The molecule has 5 nitrogen and oxygen atoms in total. The minimum atomic E-state index is -0.260. The SMILES string of the molecule is CCCOC(=O)C1CCC(C(=O)OCCO)CC1. The van der Waals surface area contributed by atoms with Crippen LogP contribution in [-0.2, 0) is 19.1 Å². The summed E-state index contributed by atoms with van der Waals surface area (Å²) < 4.78 is 9.99. The lowest BCUT2D eigenvalue weighted by molar-refractivity contribution is -0.155. The van der Waals surface area contributed by atoms with E-state index in [1.165, 1.54) is 0 Å². The molecule has 104 valence electrons. The molecule has 0 aromatic rings. The van der Waals surface area contributed by atoms with Crippen LogP contribution in [0.1, 0.15) is 39.0 Å². The molecule has 0 amide bonds. The molecule has 1 fully saturated rings. The molecule has 1 rings (SSSR count). The van der Waals surface area contributed by atoms with Gasteiger partial charge in [-0.25, -0.2) is 0 Å². The van der Waals surface area contributed by atoms with Gasteiger partial charge in [-0.1, -0.05) is 6.92 Å². The Morgan fingerprint density at radius 1 is 1.00 bits per heavy atom. The second-order valence-electron chi connectivity index (χ2n) is 4.61. The highest BCUT2D eigenvalue weighted by molar-refractivity contribution is 5.75. The number of esters is 2. The first-order chi connectivity index (χ1) is 8.69. The Morgan fingerprint density at radius 2 is 1.44 bits per heavy atom. The summed E-state index contributed by atoms with van der Waals surface area (Å²) in [5.74, 6) is -0.603. The van der Waals surface area contributed by atoms with E-state index in [9.17, 15) is 9.59 Å². The lowest BCUT2D eigenvalue weighted by atomic mass is 9.82. The molecule has 0 spiro atoms. The Hall–Kier alpha value is -1.10. The lowest BCUT2D eigenvalue weighted by Crippen LogP contribution is -2.28. The average molecular weight is 258 g/mol. The number of aliphatic hydroxyl groups is 1. The Labute approximate surface area is 107 Å². The second-order valence-corrected chi connectivity index (χ2v) is 4.61. The molecule has 5 heteroatoms. The highest BCUT2D eigenvalue weighted by Crippen LogP contribution is 2.30. The maximum Gasteiger partial charge on any atom is 0.309 e. The first-order valence-electron chi connectivity index (χ1n) is 6.63. The summed E-state index contributed by atoms with van der Waals surface area (Å²) in [6.07, 6.45) is 3.52. The fraction of sp³-hybridized carbons (Fsp3) is 0.846. The maximum absolute atomic E-state index is 11.6. The van der Waals surface area contributed by atoms with Gasteiger partial charge < -0.3 is 14.6 Å². The number of aliphatic hydroxyl groups excluding tert-OH is 1. The van der Waals surface area contributed by atoms with Gasteiger partial charge in [0.2, 0.25) is 0 Å². The first-order valence-corrected chi connectivity index (χ1v) is 6.63. The minimum absolute atomic E-state index is 0.0529. The van der Waals surface area contributed by atoms with Crippen LogP contribution in [-0.4, -0.2) is 36.9 Å². The van der Waals surface area contributed by atoms with Crippen molar-refractivity contribution >= 4 is 11.9 Å². The van der Waals surface area contributed by atoms with Crippen LogP contribution in [0.15, 0.2) is 0 Å². The van der Waals surface area contributed by atoms with Gasteiger partial charge in [0.1, 0.15) is 6.61 Å². The molecule has 0 heterocycles. The number of carbonyl (C=O) groups excluding carboxylic acids is 2. The largest absolute Gasteiger partial charge is 0.465 e. The molecule has 0 bridgehead atoms. The zero-order valence-electron chi connectivity index (χ0n) is 10.9. The number of rotatable bonds is 6. The molecular formula is C13H22O5. The van der Waals surface area contributed by atoms with E-state index in [0.29, 0.717) is 32.3 Å². The summed E-state index contributed by atoms with van der Waals surface area (Å²) in [5.41, 5.74) is 0.